The van der Waals surface area contributed by atoms with Crippen molar-refractivity contribution in [2.24, 2.45) is 0 Å². The first-order valence-corrected chi connectivity index (χ1v) is 11.6. The highest BCUT2D eigenvalue weighted by atomic mass is 19.1. The van der Waals surface area contributed by atoms with Crippen LogP contribution in [0.4, 0.5) is 16.0 Å². The summed E-state index contributed by atoms with van der Waals surface area (Å²) >= 11 is 0. The van der Waals surface area contributed by atoms with Crippen LogP contribution in [0.25, 0.3) is 22.4 Å². The van der Waals surface area contributed by atoms with E-state index in [0.717, 1.165) is 6.07 Å². The van der Waals surface area contributed by atoms with Crippen LogP contribution in [0.1, 0.15) is 23.3 Å². The Morgan fingerprint density at radius 2 is 1.97 bits per heavy atom. The van der Waals surface area contributed by atoms with Crippen LogP contribution in [0.2, 0.25) is 0 Å². The number of hydrogen-bond acceptors (Lipinski definition) is 8. The quantitative estimate of drug-likeness (QED) is 0.460. The van der Waals surface area contributed by atoms with Gasteiger partial charge < -0.3 is 28.6 Å². The summed E-state index contributed by atoms with van der Waals surface area (Å²) < 4.78 is 28.6. The van der Waals surface area contributed by atoms with E-state index >= 15 is 4.39 Å². The Balaban J connectivity index is 1.34. The predicted molar refractivity (Wildman–Crippen MR) is 129 cm³/mol. The van der Waals surface area contributed by atoms with Crippen LogP contribution in [0.5, 0.6) is 5.75 Å². The maximum atomic E-state index is 15.5. The Kier molecular flexibility index (Phi) is 5.13. The van der Waals surface area contributed by atoms with Gasteiger partial charge in [-0.1, -0.05) is 0 Å². The number of ether oxygens (including phenoxy) is 1. The predicted octanol–water partition coefficient (Wildman–Crippen LogP) is 3.17. The zero-order valence-corrected chi connectivity index (χ0v) is 19.3. The zero-order chi connectivity index (χ0) is 25.0. The van der Waals surface area contributed by atoms with E-state index in [1.54, 1.807) is 29.2 Å². The minimum atomic E-state index is -1.34. The molecule has 1 atom stereocenters. The van der Waals surface area contributed by atoms with Gasteiger partial charge in [0.25, 0.3) is 0 Å². The number of piperazine rings is 1. The van der Waals surface area contributed by atoms with Crippen molar-refractivity contribution in [1.82, 2.24) is 14.5 Å². The number of nitrogens with zero attached hydrogens (tertiary/aromatic N) is 5. The molecule has 0 amide bonds. The SMILES string of the molecule is CC1COc2c(N3CCN(c4nccc(-c5ccco5)n4)CC3)c(F)cc3c(=O)c(C(=O)O)cn1c23. The largest absolute Gasteiger partial charge is 0.487 e. The second kappa shape index (κ2) is 8.36. The van der Waals surface area contributed by atoms with Crippen molar-refractivity contribution in [3.63, 3.8) is 0 Å². The molecule has 1 N–H and O–H groups in total. The van der Waals surface area contributed by atoms with Crippen molar-refractivity contribution in [1.29, 1.82) is 0 Å². The fourth-order valence-corrected chi connectivity index (χ4v) is 4.85. The Bertz CT molecular complexity index is 1540. The first-order valence-electron chi connectivity index (χ1n) is 11.6. The van der Waals surface area contributed by atoms with E-state index in [1.165, 1.54) is 6.20 Å². The lowest BCUT2D eigenvalue weighted by molar-refractivity contribution is 0.0694. The first-order chi connectivity index (χ1) is 17.4. The Labute approximate surface area is 204 Å². The first kappa shape index (κ1) is 22.1. The van der Waals surface area contributed by atoms with Crippen LogP contribution in [-0.4, -0.2) is 58.4 Å². The van der Waals surface area contributed by atoms with Crippen molar-refractivity contribution in [2.75, 3.05) is 42.6 Å². The lowest BCUT2D eigenvalue weighted by atomic mass is 10.1. The number of carboxylic acids is 1. The standard InChI is InChI=1S/C25H22FN5O5/c1-14-13-36-23-20-15(22(32)16(24(33)34)12-31(14)20)11-17(26)21(23)29-6-8-30(9-7-29)25-27-5-4-18(28-25)19-3-2-10-35-19/h2-5,10-12,14H,6-9,13H2,1H3,(H,33,34). The van der Waals surface area contributed by atoms with Crippen LogP contribution < -0.4 is 20.0 Å². The summed E-state index contributed by atoms with van der Waals surface area (Å²) in [5.74, 6) is -0.490. The molecule has 10 nitrogen and oxygen atoms in total. The van der Waals surface area contributed by atoms with Crippen LogP contribution in [0, 0.1) is 5.82 Å². The monoisotopic (exact) mass is 491 g/mol. The number of halogens is 1. The number of aromatic nitrogens is 3. The lowest BCUT2D eigenvalue weighted by Gasteiger charge is -2.38. The van der Waals surface area contributed by atoms with Gasteiger partial charge in [-0.3, -0.25) is 4.79 Å². The molecule has 5 heterocycles. The van der Waals surface area contributed by atoms with Crippen LogP contribution in [0.15, 0.2) is 52.1 Å². The maximum Gasteiger partial charge on any atom is 0.341 e. The second-order valence-electron chi connectivity index (χ2n) is 8.87. The van der Waals surface area contributed by atoms with Gasteiger partial charge in [0.2, 0.25) is 11.4 Å². The fraction of sp³-hybridized carbons (Fsp3) is 0.280. The minimum Gasteiger partial charge on any atom is -0.487 e. The van der Waals surface area contributed by atoms with Crippen molar-refractivity contribution < 1.29 is 23.4 Å². The van der Waals surface area contributed by atoms with Gasteiger partial charge in [-0.25, -0.2) is 19.2 Å². The Hall–Kier alpha value is -4.41. The molecule has 1 aromatic carbocycles. The molecule has 2 aliphatic heterocycles. The molecule has 0 saturated carbocycles. The third kappa shape index (κ3) is 3.46. The maximum absolute atomic E-state index is 15.5. The van der Waals surface area contributed by atoms with Gasteiger partial charge in [0.15, 0.2) is 17.3 Å². The van der Waals surface area contributed by atoms with E-state index in [0.29, 0.717) is 49.1 Å². The Morgan fingerprint density at radius 3 is 2.69 bits per heavy atom. The number of benzene rings is 1. The van der Waals surface area contributed by atoms with Crippen LogP contribution in [0.3, 0.4) is 0 Å². The molecule has 11 heteroatoms. The van der Waals surface area contributed by atoms with Gasteiger partial charge >= 0.3 is 5.97 Å². The van der Waals surface area contributed by atoms with E-state index in [4.69, 9.17) is 9.15 Å². The average molecular weight is 491 g/mol. The third-order valence-corrected chi connectivity index (χ3v) is 6.67. The molecule has 1 unspecified atom stereocenters. The summed E-state index contributed by atoms with van der Waals surface area (Å²) in [6, 6.07) is 6.32. The van der Waals surface area contributed by atoms with Gasteiger partial charge in [-0.15, -0.1) is 0 Å². The molecule has 184 valence electrons. The Morgan fingerprint density at radius 1 is 1.19 bits per heavy atom. The van der Waals surface area contributed by atoms with Gasteiger partial charge in [0.1, 0.15) is 23.6 Å². The molecular weight excluding hydrogens is 469 g/mol. The summed E-state index contributed by atoms with van der Waals surface area (Å²) in [5, 5.41) is 9.47. The molecule has 3 aromatic heterocycles. The highest BCUT2D eigenvalue weighted by Crippen LogP contribution is 2.42. The minimum absolute atomic E-state index is 0.000484. The summed E-state index contributed by atoms with van der Waals surface area (Å²) in [6.45, 7) is 4.12. The van der Waals surface area contributed by atoms with E-state index in [9.17, 15) is 14.7 Å². The van der Waals surface area contributed by atoms with E-state index in [2.05, 4.69) is 9.97 Å². The molecule has 36 heavy (non-hydrogen) atoms. The van der Waals surface area contributed by atoms with E-state index < -0.39 is 17.2 Å². The summed E-state index contributed by atoms with van der Waals surface area (Å²) in [4.78, 5) is 37.3. The molecule has 1 saturated heterocycles. The van der Waals surface area contributed by atoms with Gasteiger partial charge in [-0.2, -0.15) is 0 Å². The number of carboxylic acid groups (broad SMARTS) is 1. The summed E-state index contributed by atoms with van der Waals surface area (Å²) in [5.41, 5.74) is 0.252. The number of pyridine rings is 1. The number of carbonyl (C=O) groups is 1. The highest BCUT2D eigenvalue weighted by molar-refractivity contribution is 5.97. The number of anilines is 2. The number of furan rings is 1. The molecule has 4 aromatic rings. The molecular formula is C25H22FN5O5. The number of hydrogen-bond donors (Lipinski definition) is 1. The van der Waals surface area contributed by atoms with Gasteiger partial charge in [-0.05, 0) is 31.2 Å². The average Bonchev–Trinajstić information content (AvgIpc) is 3.42. The molecule has 1 fully saturated rings. The topological polar surface area (TPSA) is 114 Å². The van der Waals surface area contributed by atoms with Crippen molar-refractivity contribution in [2.45, 2.75) is 13.0 Å². The third-order valence-electron chi connectivity index (χ3n) is 6.67. The number of rotatable bonds is 4. The lowest BCUT2D eigenvalue weighted by Crippen LogP contribution is -2.47. The van der Waals surface area contributed by atoms with Crippen molar-refractivity contribution in [3.8, 4) is 17.2 Å². The summed E-state index contributed by atoms with van der Waals surface area (Å²) in [7, 11) is 0. The van der Waals surface area contributed by atoms with Crippen LogP contribution in [-0.2, 0) is 0 Å². The summed E-state index contributed by atoms with van der Waals surface area (Å²) in [6.07, 6.45) is 4.59. The van der Waals surface area contributed by atoms with Crippen molar-refractivity contribution >= 4 is 28.5 Å². The molecule has 0 radical (unpaired) electrons. The van der Waals surface area contributed by atoms with Gasteiger partial charge in [0.05, 0.1) is 23.2 Å². The molecule has 0 aliphatic carbocycles. The molecule has 2 aliphatic rings. The van der Waals surface area contributed by atoms with E-state index in [-0.39, 0.29) is 35.0 Å². The second-order valence-corrected chi connectivity index (χ2v) is 8.87. The highest BCUT2D eigenvalue weighted by Gasteiger charge is 2.31. The number of aromatic carboxylic acids is 1. The molecule has 0 spiro atoms. The van der Waals surface area contributed by atoms with Gasteiger partial charge in [0, 0.05) is 38.6 Å². The smallest absolute Gasteiger partial charge is 0.341 e. The molecule has 0 bridgehead atoms. The normalized spacial score (nSPS) is 17.3. The van der Waals surface area contributed by atoms with E-state index in [1.807, 2.05) is 22.8 Å². The van der Waals surface area contributed by atoms with Crippen LogP contribution >= 0.6 is 0 Å². The molecule has 6 rings (SSSR count). The zero-order valence-electron chi connectivity index (χ0n) is 19.3. The van der Waals surface area contributed by atoms with Crippen molar-refractivity contribution in [3.05, 3.63) is 64.5 Å². The fourth-order valence-electron chi connectivity index (χ4n) is 4.85.